The quantitative estimate of drug-likeness (QED) is 0.470. The van der Waals surface area contributed by atoms with Gasteiger partial charge in [-0.05, 0) is 73.8 Å². The molecule has 0 aromatic heterocycles. The van der Waals surface area contributed by atoms with E-state index in [1.165, 1.54) is 0 Å². The van der Waals surface area contributed by atoms with Gasteiger partial charge < -0.3 is 10.2 Å². The number of hydrogen-bond acceptors (Lipinski definition) is 5. The van der Waals surface area contributed by atoms with Crippen LogP contribution in [0.2, 0.25) is 0 Å². The van der Waals surface area contributed by atoms with Crippen molar-refractivity contribution in [2.75, 3.05) is 27.7 Å². The number of amides is 2. The molecule has 1 aliphatic rings. The van der Waals surface area contributed by atoms with Crippen LogP contribution in [0.25, 0.3) is 0 Å². The van der Waals surface area contributed by atoms with Crippen molar-refractivity contribution in [2.24, 2.45) is 5.92 Å². The van der Waals surface area contributed by atoms with Crippen molar-refractivity contribution in [3.63, 3.8) is 0 Å². The second kappa shape index (κ2) is 9.90. The van der Waals surface area contributed by atoms with Gasteiger partial charge in [-0.25, -0.2) is 8.42 Å². The zero-order chi connectivity index (χ0) is 24.3. The van der Waals surface area contributed by atoms with Crippen molar-refractivity contribution in [1.29, 1.82) is 0 Å². The van der Waals surface area contributed by atoms with Crippen LogP contribution in [-0.4, -0.2) is 33.0 Å². The van der Waals surface area contributed by atoms with Crippen molar-refractivity contribution < 1.29 is 18.0 Å². The molecule has 1 atom stereocenters. The minimum absolute atomic E-state index is 0.0853. The molecule has 0 radical (unpaired) electrons. The van der Waals surface area contributed by atoms with Crippen LogP contribution in [0.3, 0.4) is 0 Å². The number of nitrogens with one attached hydrogen (secondary N) is 2. The fraction of sp³-hybridized carbons (Fsp3) is 0.200. The monoisotopic (exact) mass is 495 g/mol. The maximum absolute atomic E-state index is 12.8. The molecule has 2 N–H and O–H groups in total. The second-order valence-corrected chi connectivity index (χ2v) is 10.7. The van der Waals surface area contributed by atoms with Crippen molar-refractivity contribution in [3.05, 3.63) is 78.4 Å². The SMILES string of the molecule is CSc1ccc(N2CC(C(=O)Nc3ccc(NS(=O)(=O)c4ccc(C)cc4)cc3)CC2=O)cc1. The van der Waals surface area contributed by atoms with E-state index in [1.54, 1.807) is 65.2 Å². The molecule has 34 heavy (non-hydrogen) atoms. The third-order valence-corrected chi connectivity index (χ3v) is 7.76. The Morgan fingerprint density at radius 1 is 0.941 bits per heavy atom. The van der Waals surface area contributed by atoms with Gasteiger partial charge in [0.1, 0.15) is 0 Å². The van der Waals surface area contributed by atoms with Gasteiger partial charge in [0.2, 0.25) is 11.8 Å². The van der Waals surface area contributed by atoms with Gasteiger partial charge in [0.15, 0.2) is 0 Å². The molecule has 9 heteroatoms. The summed E-state index contributed by atoms with van der Waals surface area (Å²) >= 11 is 1.63. The van der Waals surface area contributed by atoms with Crippen molar-refractivity contribution in [2.45, 2.75) is 23.1 Å². The van der Waals surface area contributed by atoms with Gasteiger partial charge in [0.25, 0.3) is 10.0 Å². The number of carbonyl (C=O) groups is 2. The van der Waals surface area contributed by atoms with E-state index in [0.29, 0.717) is 17.9 Å². The lowest BCUT2D eigenvalue weighted by molar-refractivity contribution is -0.122. The number of sulfonamides is 1. The first-order valence-electron chi connectivity index (χ1n) is 10.7. The van der Waals surface area contributed by atoms with E-state index >= 15 is 0 Å². The molecule has 2 amide bonds. The lowest BCUT2D eigenvalue weighted by Crippen LogP contribution is -2.28. The number of anilines is 3. The molecule has 1 fully saturated rings. The molecule has 3 aromatic carbocycles. The molecule has 0 spiro atoms. The molecule has 7 nitrogen and oxygen atoms in total. The lowest BCUT2D eigenvalue weighted by Gasteiger charge is -2.17. The number of nitrogens with zero attached hydrogens (tertiary/aromatic N) is 1. The summed E-state index contributed by atoms with van der Waals surface area (Å²) in [5, 5.41) is 2.82. The third kappa shape index (κ3) is 5.43. The summed E-state index contributed by atoms with van der Waals surface area (Å²) in [6.45, 7) is 2.20. The highest BCUT2D eigenvalue weighted by atomic mass is 32.2. The van der Waals surface area contributed by atoms with Crippen molar-refractivity contribution >= 4 is 50.7 Å². The van der Waals surface area contributed by atoms with Gasteiger partial charge in [-0.1, -0.05) is 17.7 Å². The average Bonchev–Trinajstić information content (AvgIpc) is 3.22. The van der Waals surface area contributed by atoms with Crippen LogP contribution in [0, 0.1) is 12.8 Å². The van der Waals surface area contributed by atoms with E-state index in [9.17, 15) is 18.0 Å². The number of hydrogen-bond donors (Lipinski definition) is 2. The van der Waals surface area contributed by atoms with Crippen LogP contribution >= 0.6 is 11.8 Å². The summed E-state index contributed by atoms with van der Waals surface area (Å²) in [5.74, 6) is -0.796. The molecule has 1 aliphatic heterocycles. The van der Waals surface area contributed by atoms with Crippen LogP contribution in [0.4, 0.5) is 17.1 Å². The van der Waals surface area contributed by atoms with Crippen LogP contribution in [0.5, 0.6) is 0 Å². The molecule has 0 bridgehead atoms. The number of thioether (sulfide) groups is 1. The van der Waals surface area contributed by atoms with Crippen LogP contribution in [0.15, 0.2) is 82.6 Å². The highest BCUT2D eigenvalue weighted by Gasteiger charge is 2.35. The van der Waals surface area contributed by atoms with E-state index in [2.05, 4.69) is 10.0 Å². The fourth-order valence-corrected chi connectivity index (χ4v) is 5.16. The molecule has 1 unspecified atom stereocenters. The molecule has 176 valence electrons. The molecule has 4 rings (SSSR count). The zero-order valence-electron chi connectivity index (χ0n) is 18.8. The summed E-state index contributed by atoms with van der Waals surface area (Å²) in [7, 11) is -3.70. The number of benzene rings is 3. The average molecular weight is 496 g/mol. The van der Waals surface area contributed by atoms with Crippen LogP contribution in [-0.2, 0) is 19.6 Å². The Labute approximate surface area is 203 Å². The molecule has 1 saturated heterocycles. The summed E-state index contributed by atoms with van der Waals surface area (Å²) < 4.78 is 27.6. The lowest BCUT2D eigenvalue weighted by atomic mass is 10.1. The van der Waals surface area contributed by atoms with Gasteiger partial charge in [0.05, 0.1) is 10.8 Å². The van der Waals surface area contributed by atoms with E-state index in [4.69, 9.17) is 0 Å². The molecular formula is C25H25N3O4S2. The summed E-state index contributed by atoms with van der Waals surface area (Å²) in [5.41, 5.74) is 2.66. The fourth-order valence-electron chi connectivity index (χ4n) is 3.69. The Hall–Kier alpha value is -3.30. The van der Waals surface area contributed by atoms with Crippen molar-refractivity contribution in [1.82, 2.24) is 0 Å². The Balaban J connectivity index is 1.37. The topological polar surface area (TPSA) is 95.6 Å². The van der Waals surface area contributed by atoms with Gasteiger partial charge in [0, 0.05) is 34.9 Å². The first kappa shape index (κ1) is 23.8. The third-order valence-electron chi connectivity index (χ3n) is 5.62. The number of rotatable bonds is 7. The van der Waals surface area contributed by atoms with Crippen LogP contribution < -0.4 is 14.9 Å². The Morgan fingerprint density at radius 3 is 2.18 bits per heavy atom. The smallest absolute Gasteiger partial charge is 0.261 e. The minimum atomic E-state index is -3.70. The highest BCUT2D eigenvalue weighted by molar-refractivity contribution is 7.98. The maximum atomic E-state index is 12.8. The first-order chi connectivity index (χ1) is 16.2. The van der Waals surface area contributed by atoms with Gasteiger partial charge >= 0.3 is 0 Å². The predicted octanol–water partition coefficient (Wildman–Crippen LogP) is 4.51. The Morgan fingerprint density at radius 2 is 1.56 bits per heavy atom. The summed E-state index contributed by atoms with van der Waals surface area (Å²) in [6, 6.07) is 20.7. The van der Waals surface area contributed by atoms with E-state index < -0.39 is 15.9 Å². The highest BCUT2D eigenvalue weighted by Crippen LogP contribution is 2.28. The molecule has 0 saturated carbocycles. The van der Waals surface area contributed by atoms with Crippen molar-refractivity contribution in [3.8, 4) is 0 Å². The maximum Gasteiger partial charge on any atom is 0.261 e. The number of carbonyl (C=O) groups excluding carboxylic acids is 2. The van der Waals surface area contributed by atoms with E-state index in [-0.39, 0.29) is 23.1 Å². The second-order valence-electron chi connectivity index (χ2n) is 8.09. The van der Waals surface area contributed by atoms with Gasteiger partial charge in [-0.2, -0.15) is 0 Å². The van der Waals surface area contributed by atoms with E-state index in [1.807, 2.05) is 37.4 Å². The molecular weight excluding hydrogens is 470 g/mol. The zero-order valence-corrected chi connectivity index (χ0v) is 20.4. The normalized spacial score (nSPS) is 15.9. The van der Waals surface area contributed by atoms with Gasteiger partial charge in [-0.3, -0.25) is 14.3 Å². The number of aryl methyl sites for hydroxylation is 1. The first-order valence-corrected chi connectivity index (χ1v) is 13.4. The minimum Gasteiger partial charge on any atom is -0.326 e. The van der Waals surface area contributed by atoms with E-state index in [0.717, 1.165) is 16.1 Å². The molecule has 1 heterocycles. The standard InChI is InChI=1S/C25H25N3O4S2/c1-17-3-13-23(14-4-17)34(31,32)27-20-7-5-19(6-8-20)26-25(30)18-15-24(29)28(16-18)21-9-11-22(33-2)12-10-21/h3-14,18,27H,15-16H2,1-2H3,(H,26,30). The molecule has 3 aromatic rings. The van der Waals surface area contributed by atoms with Crippen LogP contribution in [0.1, 0.15) is 12.0 Å². The summed E-state index contributed by atoms with van der Waals surface area (Å²) in [4.78, 5) is 28.2. The Bertz CT molecular complexity index is 1290. The predicted molar refractivity (Wildman–Crippen MR) is 136 cm³/mol. The largest absolute Gasteiger partial charge is 0.326 e. The molecule has 0 aliphatic carbocycles. The Kier molecular flexibility index (Phi) is 6.95. The summed E-state index contributed by atoms with van der Waals surface area (Å²) in [6.07, 6.45) is 2.13. The van der Waals surface area contributed by atoms with Gasteiger partial charge in [-0.15, -0.1) is 11.8 Å².